The lowest BCUT2D eigenvalue weighted by atomic mass is 10.1. The van der Waals surface area contributed by atoms with Crippen LogP contribution in [0, 0.1) is 0 Å². The molecule has 10 heteroatoms. The van der Waals surface area contributed by atoms with Gasteiger partial charge in [-0.05, 0) is 29.8 Å². The smallest absolute Gasteiger partial charge is 0.349 e. The van der Waals surface area contributed by atoms with E-state index in [4.69, 9.17) is 18.0 Å². The summed E-state index contributed by atoms with van der Waals surface area (Å²) >= 11 is 0. The van der Waals surface area contributed by atoms with E-state index in [1.54, 1.807) is 12.3 Å². The average molecular weight is 601 g/mol. The third kappa shape index (κ3) is 6.05. The van der Waals surface area contributed by atoms with Crippen LogP contribution >= 0.6 is 0 Å². The van der Waals surface area contributed by atoms with Gasteiger partial charge in [0, 0.05) is 16.3 Å². The number of hydrogen-bond acceptors (Lipinski definition) is 6. The van der Waals surface area contributed by atoms with Crippen molar-refractivity contribution in [1.82, 2.24) is 9.55 Å². The van der Waals surface area contributed by atoms with Gasteiger partial charge in [-0.25, -0.2) is 4.79 Å². The Labute approximate surface area is 246 Å². The Morgan fingerprint density at radius 2 is 1.59 bits per heavy atom. The Kier molecular flexibility index (Phi) is 8.45. The quantitative estimate of drug-likeness (QED) is 0.397. The van der Waals surface area contributed by atoms with Gasteiger partial charge >= 0.3 is 14.3 Å². The molecule has 0 radical (unpaired) electrons. The fourth-order valence-electron chi connectivity index (χ4n) is 5.75. The molecule has 3 heterocycles. The summed E-state index contributed by atoms with van der Waals surface area (Å²) in [7, 11) is -5.20. The molecule has 8 nitrogen and oxygen atoms in total. The fourth-order valence-corrected chi connectivity index (χ4v) is 12.0. The first-order chi connectivity index (χ1) is 18.8. The van der Waals surface area contributed by atoms with Crippen molar-refractivity contribution >= 4 is 29.0 Å². The van der Waals surface area contributed by atoms with Gasteiger partial charge in [-0.1, -0.05) is 98.7 Å². The lowest BCUT2D eigenvalue weighted by Gasteiger charge is -2.54. The summed E-state index contributed by atoms with van der Waals surface area (Å²) < 4.78 is 28.9. The molecule has 1 N–H and O–H groups in total. The molecule has 0 aliphatic carbocycles. The van der Waals surface area contributed by atoms with Crippen LogP contribution in [0.5, 0.6) is 0 Å². The summed E-state index contributed by atoms with van der Waals surface area (Å²) in [6, 6.07) is 9.70. The number of aromatic amines is 1. The number of H-pyrrole nitrogens is 1. The highest BCUT2D eigenvalue weighted by Gasteiger charge is 2.65. The Balaban J connectivity index is 1.81. The standard InChI is InChI=1S/C31H48N2O6Si2/c1-29(2,3)40(10,11)38-25-24-23(20-36-41(39-24,30(4,5)6)31(7,8)9)37-27(25)33-19-22(26(34)32-28(33)35)18-17-21-15-13-12-14-16-21/h12-19,23-25,27H,20H2,1-11H3,(H,32,34,35)/t23-,24-,25+,27-/m1/s1. The number of nitrogens with zero attached hydrogens (tertiary/aromatic N) is 1. The molecule has 41 heavy (non-hydrogen) atoms. The number of rotatable bonds is 5. The van der Waals surface area contributed by atoms with Gasteiger partial charge in [0.25, 0.3) is 5.56 Å². The van der Waals surface area contributed by atoms with Crippen LogP contribution in [0.15, 0.2) is 46.1 Å². The van der Waals surface area contributed by atoms with Crippen LogP contribution in [0.3, 0.4) is 0 Å². The van der Waals surface area contributed by atoms with Crippen molar-refractivity contribution in [2.24, 2.45) is 0 Å². The third-order valence-electron chi connectivity index (χ3n) is 8.77. The second-order valence-corrected chi connectivity index (χ2v) is 24.4. The third-order valence-corrected chi connectivity index (χ3v) is 18.4. The van der Waals surface area contributed by atoms with E-state index in [1.807, 2.05) is 36.4 Å². The summed E-state index contributed by atoms with van der Waals surface area (Å²) in [5.74, 6) is 0. The van der Waals surface area contributed by atoms with E-state index < -0.39 is 52.7 Å². The maximum Gasteiger partial charge on any atom is 0.349 e. The van der Waals surface area contributed by atoms with Crippen LogP contribution < -0.4 is 11.2 Å². The maximum atomic E-state index is 13.3. The van der Waals surface area contributed by atoms with Crippen molar-refractivity contribution in [1.29, 1.82) is 0 Å². The van der Waals surface area contributed by atoms with Crippen molar-refractivity contribution in [3.63, 3.8) is 0 Å². The summed E-state index contributed by atoms with van der Waals surface area (Å²) in [5.41, 5.74) is 0.295. The zero-order valence-corrected chi connectivity index (χ0v) is 28.5. The number of nitrogens with one attached hydrogen (secondary N) is 1. The van der Waals surface area contributed by atoms with Gasteiger partial charge in [-0.15, -0.1) is 0 Å². The molecule has 0 unspecified atom stereocenters. The number of fused-ring (bicyclic) bond motifs is 1. The number of ether oxygens (including phenoxy) is 1. The highest BCUT2D eigenvalue weighted by molar-refractivity contribution is 6.74. The summed E-state index contributed by atoms with van der Waals surface area (Å²) in [4.78, 5) is 28.6. The molecule has 1 aromatic carbocycles. The second-order valence-electron chi connectivity index (χ2n) is 14.9. The van der Waals surface area contributed by atoms with E-state index >= 15 is 0 Å². The first-order valence-electron chi connectivity index (χ1n) is 14.5. The molecule has 0 saturated carbocycles. The molecule has 2 fully saturated rings. The van der Waals surface area contributed by atoms with E-state index in [2.05, 4.69) is 80.4 Å². The molecule has 4 atom stereocenters. The van der Waals surface area contributed by atoms with Crippen molar-refractivity contribution in [3.8, 4) is 0 Å². The maximum absolute atomic E-state index is 13.3. The van der Waals surface area contributed by atoms with Crippen LogP contribution in [0.2, 0.25) is 28.2 Å². The van der Waals surface area contributed by atoms with Gasteiger partial charge in [0.15, 0.2) is 14.5 Å². The molecule has 2 saturated heterocycles. The van der Waals surface area contributed by atoms with Crippen molar-refractivity contribution in [2.45, 2.75) is 115 Å². The highest BCUT2D eigenvalue weighted by Crippen LogP contribution is 2.56. The summed E-state index contributed by atoms with van der Waals surface area (Å²) in [6.07, 6.45) is 2.95. The molecule has 0 bridgehead atoms. The lowest BCUT2D eigenvalue weighted by molar-refractivity contribution is -0.0809. The number of hydrogen-bond donors (Lipinski definition) is 1. The largest absolute Gasteiger partial charge is 0.407 e. The van der Waals surface area contributed by atoms with Gasteiger partial charge in [0.2, 0.25) is 0 Å². The first-order valence-corrected chi connectivity index (χ1v) is 19.2. The normalized spacial score (nSPS) is 25.4. The van der Waals surface area contributed by atoms with E-state index in [-0.39, 0.29) is 15.1 Å². The average Bonchev–Trinajstić information content (AvgIpc) is 3.18. The molecule has 226 valence electrons. The predicted octanol–water partition coefficient (Wildman–Crippen LogP) is 6.45. The van der Waals surface area contributed by atoms with Crippen molar-refractivity contribution < 1.29 is 18.0 Å². The van der Waals surface area contributed by atoms with Crippen LogP contribution in [0.4, 0.5) is 0 Å². The van der Waals surface area contributed by atoms with Crippen molar-refractivity contribution in [3.05, 3.63) is 68.5 Å². The molecular weight excluding hydrogens is 553 g/mol. The Morgan fingerprint density at radius 3 is 2.15 bits per heavy atom. The van der Waals surface area contributed by atoms with Gasteiger partial charge in [0.1, 0.15) is 18.3 Å². The monoisotopic (exact) mass is 600 g/mol. The van der Waals surface area contributed by atoms with Crippen LogP contribution in [-0.4, -0.2) is 51.3 Å². The molecule has 4 rings (SSSR count). The zero-order valence-electron chi connectivity index (χ0n) is 26.5. The van der Waals surface area contributed by atoms with Crippen LogP contribution in [0.25, 0.3) is 12.2 Å². The van der Waals surface area contributed by atoms with Crippen LogP contribution in [0.1, 0.15) is 79.7 Å². The second kappa shape index (κ2) is 10.9. The summed E-state index contributed by atoms with van der Waals surface area (Å²) in [6.45, 7) is 24.4. The first kappa shape index (κ1) is 31.8. The van der Waals surface area contributed by atoms with Gasteiger partial charge < -0.3 is 18.0 Å². The van der Waals surface area contributed by atoms with Gasteiger partial charge in [-0.2, -0.15) is 0 Å². The van der Waals surface area contributed by atoms with E-state index in [1.165, 1.54) is 4.57 Å². The Hall–Kier alpha value is -2.09. The fraction of sp³-hybridized carbons (Fsp3) is 0.613. The molecule has 2 aliphatic heterocycles. The minimum atomic E-state index is -2.85. The molecule has 2 aliphatic rings. The summed E-state index contributed by atoms with van der Waals surface area (Å²) in [5, 5.41) is -0.525. The minimum Gasteiger partial charge on any atom is -0.407 e. The predicted molar refractivity (Wildman–Crippen MR) is 169 cm³/mol. The van der Waals surface area contributed by atoms with E-state index in [9.17, 15) is 9.59 Å². The molecule has 1 aromatic heterocycles. The van der Waals surface area contributed by atoms with E-state index in [0.29, 0.717) is 12.2 Å². The van der Waals surface area contributed by atoms with Gasteiger partial charge in [0.05, 0.1) is 12.2 Å². The van der Waals surface area contributed by atoms with Gasteiger partial charge in [-0.3, -0.25) is 14.3 Å². The molecular formula is C31H48N2O6Si2. The highest BCUT2D eigenvalue weighted by atomic mass is 28.4. The zero-order chi connectivity index (χ0) is 30.6. The SMILES string of the molecule is CC(C)(C)[Si](C)(C)O[C@H]1[C@@H]2O[Si](C(C)(C)C)(C(C)(C)C)OC[C@H]2O[C@H]1n1cc(C=Cc2ccccc2)c(=O)[nH]c1=O. The number of aromatic nitrogens is 2. The van der Waals surface area contributed by atoms with E-state index in [0.717, 1.165) is 5.56 Å². The molecule has 0 spiro atoms. The van der Waals surface area contributed by atoms with Crippen molar-refractivity contribution in [2.75, 3.05) is 6.61 Å². The Morgan fingerprint density at radius 1 is 0.976 bits per heavy atom. The molecule has 0 amide bonds. The van der Waals surface area contributed by atoms with Crippen LogP contribution in [-0.2, 0) is 18.0 Å². The topological polar surface area (TPSA) is 91.8 Å². The lowest BCUT2D eigenvalue weighted by Crippen LogP contribution is -2.66. The number of benzene rings is 1. The minimum absolute atomic E-state index is 0.0804. The molecule has 2 aromatic rings. The Bertz CT molecular complexity index is 1360.